The van der Waals surface area contributed by atoms with E-state index in [1.54, 1.807) is 36.4 Å². The van der Waals surface area contributed by atoms with Crippen LogP contribution in [0.4, 0.5) is 22.7 Å². The number of benzene rings is 4. The average molecular weight is 488 g/mol. The molecule has 2 N–H and O–H groups in total. The van der Waals surface area contributed by atoms with Gasteiger partial charge in [0.1, 0.15) is 0 Å². The Morgan fingerprint density at radius 1 is 0.485 bits per heavy atom. The van der Waals surface area contributed by atoms with Gasteiger partial charge in [-0.1, -0.05) is 72.8 Å². The number of aromatic carboxylic acids is 2. The summed E-state index contributed by atoms with van der Waals surface area (Å²) in [6.07, 6.45) is 0. The Balaban J connectivity index is 0.000000227. The van der Waals surface area contributed by atoms with Gasteiger partial charge in [0.05, 0.1) is 11.9 Å². The fourth-order valence-corrected chi connectivity index (χ4v) is 2.89. The van der Waals surface area contributed by atoms with Crippen molar-refractivity contribution < 1.29 is 36.9 Å². The fourth-order valence-electron chi connectivity index (χ4n) is 2.89. The average Bonchev–Trinajstić information content (AvgIpc) is 2.81. The van der Waals surface area contributed by atoms with Crippen LogP contribution in [-0.4, -0.2) is 11.9 Å². The van der Waals surface area contributed by atoms with Crippen LogP contribution in [0.15, 0.2) is 109 Å². The Kier molecular flexibility index (Phi) is 9.71. The van der Waals surface area contributed by atoms with Crippen molar-refractivity contribution in [3.05, 3.63) is 120 Å². The normalized spacial score (nSPS) is 9.45. The minimum absolute atomic E-state index is 0. The van der Waals surface area contributed by atoms with Crippen LogP contribution in [0.3, 0.4) is 0 Å². The fraction of sp³-hybridized carbons (Fsp3) is 0. The van der Waals surface area contributed by atoms with Crippen LogP contribution in [0.5, 0.6) is 0 Å². The molecule has 0 fully saturated rings. The molecular formula is C26H20CuN2O4. The first kappa shape index (κ1) is 25.2. The number of carboxylic acid groups (broad SMARTS) is 2. The first-order valence-corrected chi connectivity index (χ1v) is 9.79. The molecule has 0 heterocycles. The molecular weight excluding hydrogens is 468 g/mol. The zero-order chi connectivity index (χ0) is 22.8. The Morgan fingerprint density at radius 2 is 0.788 bits per heavy atom. The molecule has 4 aromatic carbocycles. The molecule has 0 atom stereocenters. The Hall–Kier alpha value is -4.06. The van der Waals surface area contributed by atoms with E-state index in [2.05, 4.69) is 10.6 Å². The summed E-state index contributed by atoms with van der Waals surface area (Å²) >= 11 is 0. The zero-order valence-corrected chi connectivity index (χ0v) is 18.3. The number of hydrogen-bond acceptors (Lipinski definition) is 6. The quantitative estimate of drug-likeness (QED) is 0.403. The number of nitrogens with one attached hydrogen (secondary N) is 2. The van der Waals surface area contributed by atoms with E-state index in [0.29, 0.717) is 11.4 Å². The van der Waals surface area contributed by atoms with Crippen LogP contribution in [0, 0.1) is 0 Å². The summed E-state index contributed by atoms with van der Waals surface area (Å²) in [5, 5.41) is 27.8. The van der Waals surface area contributed by atoms with Gasteiger partial charge in [0.25, 0.3) is 0 Å². The molecule has 7 heteroatoms. The van der Waals surface area contributed by atoms with Gasteiger partial charge in [-0.2, -0.15) is 0 Å². The molecule has 4 rings (SSSR count). The number of carbonyl (C=O) groups is 2. The maximum atomic E-state index is 10.9. The van der Waals surface area contributed by atoms with Crippen LogP contribution >= 0.6 is 0 Å². The molecule has 0 spiro atoms. The molecule has 0 aliphatic carbocycles. The van der Waals surface area contributed by atoms with Gasteiger partial charge in [-0.3, -0.25) is 0 Å². The maximum absolute atomic E-state index is 10.9. The molecule has 6 nitrogen and oxygen atoms in total. The molecule has 0 aromatic heterocycles. The van der Waals surface area contributed by atoms with Gasteiger partial charge in [0.15, 0.2) is 0 Å². The van der Waals surface area contributed by atoms with Gasteiger partial charge >= 0.3 is 17.1 Å². The molecule has 0 amide bonds. The predicted octanol–water partition coefficient (Wildman–Crippen LogP) is 3.58. The third kappa shape index (κ3) is 7.54. The second-order valence-electron chi connectivity index (χ2n) is 6.65. The van der Waals surface area contributed by atoms with E-state index in [0.717, 1.165) is 11.4 Å². The van der Waals surface area contributed by atoms with Gasteiger partial charge in [-0.15, -0.1) is 0 Å². The molecule has 0 saturated heterocycles. The maximum Gasteiger partial charge on any atom is 2.00 e. The molecule has 4 aromatic rings. The van der Waals surface area contributed by atoms with Crippen LogP contribution in [-0.2, 0) is 17.1 Å². The summed E-state index contributed by atoms with van der Waals surface area (Å²) in [5.41, 5.74) is 3.08. The summed E-state index contributed by atoms with van der Waals surface area (Å²) in [7, 11) is 0. The van der Waals surface area contributed by atoms with Crippen LogP contribution in [0.25, 0.3) is 0 Å². The van der Waals surface area contributed by atoms with Crippen LogP contribution in [0.1, 0.15) is 20.7 Å². The number of para-hydroxylation sites is 4. The first-order valence-electron chi connectivity index (χ1n) is 9.79. The van der Waals surface area contributed by atoms with Gasteiger partial charge in [0.2, 0.25) is 0 Å². The predicted molar refractivity (Wildman–Crippen MR) is 121 cm³/mol. The van der Waals surface area contributed by atoms with Crippen LogP contribution in [0.2, 0.25) is 0 Å². The monoisotopic (exact) mass is 487 g/mol. The molecule has 0 aliphatic rings. The summed E-state index contributed by atoms with van der Waals surface area (Å²) < 4.78 is 0. The van der Waals surface area contributed by atoms with Gasteiger partial charge < -0.3 is 30.4 Å². The van der Waals surface area contributed by atoms with E-state index in [-0.39, 0.29) is 28.2 Å². The minimum Gasteiger partial charge on any atom is -0.545 e. The third-order valence-electron chi connectivity index (χ3n) is 4.40. The summed E-state index contributed by atoms with van der Waals surface area (Å²) in [4.78, 5) is 21.7. The van der Waals surface area contributed by atoms with Gasteiger partial charge in [0, 0.05) is 33.9 Å². The first-order chi connectivity index (χ1) is 15.5. The van der Waals surface area contributed by atoms with Crippen molar-refractivity contribution in [2.45, 2.75) is 0 Å². The number of rotatable bonds is 6. The zero-order valence-electron chi connectivity index (χ0n) is 17.3. The number of carboxylic acids is 2. The van der Waals surface area contributed by atoms with Crippen molar-refractivity contribution >= 4 is 34.7 Å². The van der Waals surface area contributed by atoms with E-state index in [1.807, 2.05) is 60.7 Å². The second-order valence-corrected chi connectivity index (χ2v) is 6.65. The smallest absolute Gasteiger partial charge is 0.545 e. The molecule has 33 heavy (non-hydrogen) atoms. The van der Waals surface area contributed by atoms with Crippen molar-refractivity contribution in [1.29, 1.82) is 0 Å². The van der Waals surface area contributed by atoms with Gasteiger partial charge in [-0.05, 0) is 36.4 Å². The second kappa shape index (κ2) is 12.7. The van der Waals surface area contributed by atoms with Crippen molar-refractivity contribution in [2.24, 2.45) is 0 Å². The Morgan fingerprint density at radius 3 is 1.12 bits per heavy atom. The van der Waals surface area contributed by atoms with E-state index >= 15 is 0 Å². The largest absolute Gasteiger partial charge is 2.00 e. The van der Waals surface area contributed by atoms with E-state index in [1.165, 1.54) is 12.1 Å². The summed E-state index contributed by atoms with van der Waals surface area (Å²) in [5.74, 6) is -2.36. The molecule has 1 radical (unpaired) electrons. The minimum atomic E-state index is -1.18. The number of anilines is 4. The standard InChI is InChI=1S/2C13H11NO2.Cu/c2*15-13(16)11-8-4-5-9-12(11)14-10-6-2-1-3-7-10;/h2*1-9,14H,(H,15,16);/q;;+2/p-2. The summed E-state index contributed by atoms with van der Waals surface area (Å²) in [6.45, 7) is 0. The molecule has 0 aliphatic heterocycles. The van der Waals surface area contributed by atoms with E-state index in [4.69, 9.17) is 0 Å². The Bertz CT molecular complexity index is 1090. The topological polar surface area (TPSA) is 104 Å². The van der Waals surface area contributed by atoms with E-state index < -0.39 is 11.9 Å². The van der Waals surface area contributed by atoms with Crippen molar-refractivity contribution in [3.63, 3.8) is 0 Å². The third-order valence-corrected chi connectivity index (χ3v) is 4.40. The van der Waals surface area contributed by atoms with E-state index in [9.17, 15) is 19.8 Å². The molecule has 169 valence electrons. The van der Waals surface area contributed by atoms with Crippen molar-refractivity contribution in [3.8, 4) is 0 Å². The molecule has 0 unspecified atom stereocenters. The number of carbonyl (C=O) groups excluding carboxylic acids is 2. The molecule has 0 saturated carbocycles. The van der Waals surface area contributed by atoms with Gasteiger partial charge in [-0.25, -0.2) is 0 Å². The molecule has 0 bridgehead atoms. The summed E-state index contributed by atoms with van der Waals surface area (Å²) in [6, 6.07) is 32.1. The SMILES string of the molecule is O=C([O-])c1ccccc1Nc1ccccc1.O=C([O-])c1ccccc1Nc1ccccc1.[Cu+2]. The van der Waals surface area contributed by atoms with Crippen LogP contribution < -0.4 is 20.8 Å². The Labute approximate surface area is 202 Å². The van der Waals surface area contributed by atoms with Crippen molar-refractivity contribution in [2.75, 3.05) is 10.6 Å². The number of hydrogen-bond donors (Lipinski definition) is 2. The van der Waals surface area contributed by atoms with Crippen molar-refractivity contribution in [1.82, 2.24) is 0 Å².